The zero-order valence-corrected chi connectivity index (χ0v) is 50.5. The summed E-state index contributed by atoms with van der Waals surface area (Å²) in [5.41, 5.74) is -2.20. The predicted octanol–water partition coefficient (Wildman–Crippen LogP) is 2.64. The first-order valence-electron chi connectivity index (χ1n) is 29.1. The number of hydrogen-bond acceptors (Lipinski definition) is 20. The van der Waals surface area contributed by atoms with Crippen LogP contribution in [0.3, 0.4) is 0 Å². The SMILES string of the molecule is CC[C@H]1OC(=O)[C@H](C)[C@@H](O[C@H]2C[C@@](C)(OC)[C@@H](O)[C@H](C)O2)[C@H](C)[C@@H](O[C@@H]2O[C@H](C)C[C@H](N(C)CCc3cn([C@H](CF)C(OC)c4ccc(CN5CCN(C(=O)CO)CC5)cc4)nn3)[C@H]2O)[C@](C)(O)C[C@@H](C)CN(C)[C@H](C)[C@@H](O)[C@]1(C)O. The maximum Gasteiger partial charge on any atom is 0.311 e. The number of esters is 1. The summed E-state index contributed by atoms with van der Waals surface area (Å²) in [5.74, 6) is -3.18. The summed E-state index contributed by atoms with van der Waals surface area (Å²) in [6, 6.07) is 5.91. The van der Waals surface area contributed by atoms with Gasteiger partial charge in [-0.25, -0.2) is 9.07 Å². The Balaban J connectivity index is 1.21. The van der Waals surface area contributed by atoms with Crippen molar-refractivity contribution in [1.29, 1.82) is 0 Å². The Kier molecular flexibility index (Phi) is 23.6. The molecule has 20 atom stereocenters. The van der Waals surface area contributed by atoms with Gasteiger partial charge in [-0.05, 0) is 98.9 Å². The van der Waals surface area contributed by atoms with E-state index in [4.69, 9.17) is 33.2 Å². The maximum absolute atomic E-state index is 15.0. The van der Waals surface area contributed by atoms with Gasteiger partial charge in [0.25, 0.3) is 0 Å². The summed E-state index contributed by atoms with van der Waals surface area (Å²) >= 11 is 0. The van der Waals surface area contributed by atoms with E-state index < -0.39 is 134 Å². The van der Waals surface area contributed by atoms with Crippen molar-refractivity contribution in [3.8, 4) is 0 Å². The molecule has 6 rings (SSSR count). The van der Waals surface area contributed by atoms with Crippen molar-refractivity contribution in [3.05, 3.63) is 47.3 Å². The highest BCUT2D eigenvalue weighted by Crippen LogP contribution is 2.41. The van der Waals surface area contributed by atoms with Crippen molar-refractivity contribution in [3.63, 3.8) is 0 Å². The first-order valence-corrected chi connectivity index (χ1v) is 29.1. The van der Waals surface area contributed by atoms with Crippen molar-refractivity contribution in [2.45, 2.75) is 210 Å². The smallest absolute Gasteiger partial charge is 0.311 e. The van der Waals surface area contributed by atoms with E-state index >= 15 is 4.39 Å². The zero-order chi connectivity index (χ0) is 59.9. The molecule has 23 heteroatoms. The molecule has 462 valence electrons. The molecule has 1 aromatic carbocycles. The van der Waals surface area contributed by atoms with Crippen LogP contribution >= 0.6 is 0 Å². The third-order valence-electron chi connectivity index (χ3n) is 18.1. The molecule has 2 aromatic rings. The molecule has 1 unspecified atom stereocenters. The molecule has 81 heavy (non-hydrogen) atoms. The second-order valence-corrected chi connectivity index (χ2v) is 24.6. The Morgan fingerprint density at radius 3 is 2.22 bits per heavy atom. The number of methoxy groups -OCH3 is 2. The number of piperazine rings is 1. The van der Waals surface area contributed by atoms with Gasteiger partial charge in [-0.3, -0.25) is 14.5 Å². The van der Waals surface area contributed by atoms with Gasteiger partial charge in [0.2, 0.25) is 5.91 Å². The van der Waals surface area contributed by atoms with Gasteiger partial charge in [0, 0.05) is 97.1 Å². The van der Waals surface area contributed by atoms with Crippen molar-refractivity contribution in [2.75, 3.05) is 80.9 Å². The fourth-order valence-corrected chi connectivity index (χ4v) is 12.8. The molecule has 0 aliphatic carbocycles. The number of aliphatic hydroxyl groups is 6. The van der Waals surface area contributed by atoms with Crippen LogP contribution in [-0.4, -0.2) is 248 Å². The Morgan fingerprint density at radius 2 is 1.62 bits per heavy atom. The number of aromatic nitrogens is 3. The van der Waals surface area contributed by atoms with E-state index in [1.165, 1.54) is 25.8 Å². The summed E-state index contributed by atoms with van der Waals surface area (Å²) in [4.78, 5) is 34.3. The standard InChI is InChI=1S/C58H98FN7O15/c1-15-45-58(10,74)51(70)38(6)63(12)30-34(2)27-56(8,73)53(36(4)49(37(5)54(72)79-45)80-47-28-57(9,76-14)52(71)39(7)78-47)81-55-48(69)43(26-35(3)77-55)62(11)21-20-42-32-66(61-60-42)44(29-59)50(75-13)41-18-16-40(17-19-41)31-64-22-24-65(25-23-64)46(68)33-67/h16-19,32,34-39,43-45,47-53,55,67,69-71,73-74H,15,20-31,33H2,1-14H3/t34-,35-,36+,37-,38-,39+,43+,44-,45-,47+,48-,49+,50?,51-,52+,53-,55+,56-,57-,58-/m1/s1. The quantitative estimate of drug-likeness (QED) is 0.117. The number of alkyl halides is 1. The molecule has 0 bridgehead atoms. The molecule has 5 heterocycles. The zero-order valence-electron chi connectivity index (χ0n) is 50.5. The number of halogens is 1. The lowest BCUT2D eigenvalue weighted by Crippen LogP contribution is -2.61. The van der Waals surface area contributed by atoms with Gasteiger partial charge in [0.1, 0.15) is 55.4 Å². The minimum Gasteiger partial charge on any atom is -0.459 e. The highest BCUT2D eigenvalue weighted by atomic mass is 19.1. The molecule has 1 amide bonds. The summed E-state index contributed by atoms with van der Waals surface area (Å²) in [6.45, 7) is 20.1. The predicted molar refractivity (Wildman–Crippen MR) is 297 cm³/mol. The Labute approximate surface area is 479 Å². The lowest BCUT2D eigenvalue weighted by atomic mass is 9.77. The van der Waals surface area contributed by atoms with Crippen LogP contribution in [0.15, 0.2) is 30.5 Å². The number of ether oxygens (including phenoxy) is 7. The van der Waals surface area contributed by atoms with E-state index in [1.54, 1.807) is 59.6 Å². The molecule has 22 nitrogen and oxygen atoms in total. The van der Waals surface area contributed by atoms with Crippen LogP contribution in [0, 0.1) is 17.8 Å². The number of aliphatic hydroxyl groups excluding tert-OH is 4. The van der Waals surface area contributed by atoms with Crippen molar-refractivity contribution in [2.24, 2.45) is 17.8 Å². The number of likely N-dealkylation sites (N-methyl/N-ethyl adjacent to an activating group) is 2. The van der Waals surface area contributed by atoms with Crippen LogP contribution < -0.4 is 0 Å². The van der Waals surface area contributed by atoms with Crippen LogP contribution in [0.1, 0.15) is 124 Å². The number of cyclic esters (lactones) is 1. The minimum absolute atomic E-state index is 0.0764. The topological polar surface area (TPSA) is 264 Å². The monoisotopic (exact) mass is 1150 g/mol. The first kappa shape index (κ1) is 66.8. The fourth-order valence-electron chi connectivity index (χ4n) is 12.8. The van der Waals surface area contributed by atoms with Crippen molar-refractivity contribution < 1.29 is 77.8 Å². The van der Waals surface area contributed by atoms with E-state index in [1.807, 2.05) is 62.0 Å². The van der Waals surface area contributed by atoms with Gasteiger partial charge in [-0.2, -0.15) is 0 Å². The van der Waals surface area contributed by atoms with Crippen LogP contribution in [-0.2, 0) is 55.7 Å². The molecule has 4 aliphatic heterocycles. The van der Waals surface area contributed by atoms with Gasteiger partial charge in [-0.15, -0.1) is 5.10 Å². The molecular weight excluding hydrogens is 1050 g/mol. The Hall–Kier alpha value is -3.37. The van der Waals surface area contributed by atoms with Gasteiger partial charge in [-0.1, -0.05) is 50.3 Å². The van der Waals surface area contributed by atoms with Gasteiger partial charge in [0.05, 0.1) is 47.2 Å². The summed E-state index contributed by atoms with van der Waals surface area (Å²) in [5, 5.41) is 78.0. The third kappa shape index (κ3) is 15.9. The van der Waals surface area contributed by atoms with E-state index in [-0.39, 0.29) is 31.1 Å². The van der Waals surface area contributed by atoms with E-state index in [9.17, 15) is 40.2 Å². The van der Waals surface area contributed by atoms with Crippen molar-refractivity contribution >= 4 is 11.9 Å². The van der Waals surface area contributed by atoms with Crippen LogP contribution in [0.25, 0.3) is 0 Å². The summed E-state index contributed by atoms with van der Waals surface area (Å²) in [7, 11) is 6.73. The average molecular weight is 1150 g/mol. The molecule has 4 fully saturated rings. The Morgan fingerprint density at radius 1 is 0.951 bits per heavy atom. The summed E-state index contributed by atoms with van der Waals surface area (Å²) < 4.78 is 60.8. The number of amides is 1. The average Bonchev–Trinajstić information content (AvgIpc) is 3.93. The normalized spacial score (nSPS) is 38.3. The highest BCUT2D eigenvalue weighted by Gasteiger charge is 2.53. The fraction of sp³-hybridized carbons (Fsp3) is 0.828. The van der Waals surface area contributed by atoms with Crippen LogP contribution in [0.2, 0.25) is 0 Å². The number of rotatable bonds is 18. The molecule has 4 aliphatic rings. The number of nitrogens with zero attached hydrogens (tertiary/aromatic N) is 7. The number of benzene rings is 1. The maximum atomic E-state index is 15.0. The van der Waals surface area contributed by atoms with Crippen molar-refractivity contribution in [1.82, 2.24) is 34.6 Å². The largest absolute Gasteiger partial charge is 0.459 e. The number of carbonyl (C=O) groups is 2. The lowest BCUT2D eigenvalue weighted by Gasteiger charge is -2.49. The first-order chi connectivity index (χ1) is 38.1. The molecule has 0 radical (unpaired) electrons. The van der Waals surface area contributed by atoms with E-state index in [0.29, 0.717) is 64.3 Å². The molecule has 0 spiro atoms. The molecule has 1 aromatic heterocycles. The second kappa shape index (κ2) is 28.7. The van der Waals surface area contributed by atoms with Gasteiger partial charge in [0.15, 0.2) is 12.6 Å². The van der Waals surface area contributed by atoms with Gasteiger partial charge < -0.3 is 78.5 Å². The summed E-state index contributed by atoms with van der Waals surface area (Å²) in [6.07, 6.45) is -8.17. The van der Waals surface area contributed by atoms with Crippen LogP contribution in [0.4, 0.5) is 4.39 Å². The van der Waals surface area contributed by atoms with E-state index in [0.717, 1.165) is 11.1 Å². The number of carbonyl (C=O) groups excluding carboxylic acids is 2. The van der Waals surface area contributed by atoms with E-state index in [2.05, 4.69) is 15.2 Å². The minimum atomic E-state index is -1.86. The molecular formula is C58H98FN7O15. The number of hydrogen-bond donors (Lipinski definition) is 6. The lowest BCUT2D eigenvalue weighted by molar-refractivity contribution is -0.318. The van der Waals surface area contributed by atoms with Crippen LogP contribution in [0.5, 0.6) is 0 Å². The third-order valence-corrected chi connectivity index (χ3v) is 18.1. The molecule has 4 saturated heterocycles. The highest BCUT2D eigenvalue weighted by molar-refractivity contribution is 5.77. The molecule has 6 N–H and O–H groups in total. The molecule has 0 saturated carbocycles. The van der Waals surface area contributed by atoms with Gasteiger partial charge >= 0.3 is 5.97 Å². The second-order valence-electron chi connectivity index (χ2n) is 24.6. The Bertz CT molecular complexity index is 2280.